The van der Waals surface area contributed by atoms with Gasteiger partial charge in [-0.15, -0.1) is 0 Å². The number of aliphatic hydroxyl groups is 1. The third kappa shape index (κ3) is 4.41. The number of piperidine rings is 1. The van der Waals surface area contributed by atoms with Crippen molar-refractivity contribution in [3.63, 3.8) is 0 Å². The zero-order valence-corrected chi connectivity index (χ0v) is 19.1. The van der Waals surface area contributed by atoms with Crippen LogP contribution in [-0.4, -0.2) is 53.7 Å². The maximum absolute atomic E-state index is 14.9. The number of likely N-dealkylation sites (tertiary alicyclic amines) is 1. The second-order valence-electron chi connectivity index (χ2n) is 9.10. The smallest absolute Gasteiger partial charge is 0.251 e. The summed E-state index contributed by atoms with van der Waals surface area (Å²) in [5.74, 6) is -0.0594. The van der Waals surface area contributed by atoms with E-state index >= 15 is 0 Å². The van der Waals surface area contributed by atoms with Crippen molar-refractivity contribution >= 4 is 11.7 Å². The van der Waals surface area contributed by atoms with Gasteiger partial charge in [-0.05, 0) is 72.7 Å². The third-order valence-corrected chi connectivity index (χ3v) is 7.04. The summed E-state index contributed by atoms with van der Waals surface area (Å²) in [4.78, 5) is 18.3. The molecule has 4 N–H and O–H groups in total. The number of carbonyl (C=O) groups excluding carboxylic acids is 1. The Morgan fingerprint density at radius 1 is 1.03 bits per heavy atom. The maximum atomic E-state index is 14.9. The summed E-state index contributed by atoms with van der Waals surface area (Å²) < 4.78 is 14.9. The van der Waals surface area contributed by atoms with E-state index in [1.165, 1.54) is 5.56 Å². The summed E-state index contributed by atoms with van der Waals surface area (Å²) in [5.41, 5.74) is 11.6. The van der Waals surface area contributed by atoms with E-state index in [-0.39, 0.29) is 18.3 Å². The quantitative estimate of drug-likeness (QED) is 0.506. The molecule has 0 saturated carbocycles. The Morgan fingerprint density at radius 3 is 2.50 bits per heavy atom. The molecule has 7 heteroatoms. The van der Waals surface area contributed by atoms with Crippen LogP contribution in [0.1, 0.15) is 40.2 Å². The van der Waals surface area contributed by atoms with Crippen LogP contribution < -0.4 is 11.1 Å². The van der Waals surface area contributed by atoms with Crippen LogP contribution in [0, 0.1) is 5.95 Å². The lowest BCUT2D eigenvalue weighted by molar-refractivity contribution is 0.0946. The molecule has 0 spiro atoms. The number of nitrogens with two attached hydrogens (primary N) is 1. The predicted molar refractivity (Wildman–Crippen MR) is 131 cm³/mol. The first-order valence-electron chi connectivity index (χ1n) is 11.8. The number of aromatic nitrogens is 1. The van der Waals surface area contributed by atoms with Crippen molar-refractivity contribution in [1.29, 1.82) is 0 Å². The maximum Gasteiger partial charge on any atom is 0.251 e. The van der Waals surface area contributed by atoms with Crippen LogP contribution >= 0.6 is 0 Å². The Hall–Kier alpha value is -3.29. The Labute approximate surface area is 198 Å². The SMILES string of the molecule is Nc1nc(F)c(-c2ccc(C3CCN(CCO)CC3)cc2)cc1-c1ccc2c(c1)CCNC2=O. The molecule has 5 rings (SSSR count). The van der Waals surface area contributed by atoms with Crippen molar-refractivity contribution in [2.45, 2.75) is 25.2 Å². The van der Waals surface area contributed by atoms with E-state index in [0.29, 0.717) is 29.2 Å². The number of halogens is 1. The summed E-state index contributed by atoms with van der Waals surface area (Å²) in [6, 6.07) is 15.4. The molecule has 3 heterocycles. The van der Waals surface area contributed by atoms with Crippen LogP contribution in [-0.2, 0) is 6.42 Å². The number of rotatable bonds is 5. The van der Waals surface area contributed by atoms with Gasteiger partial charge in [-0.25, -0.2) is 4.98 Å². The fourth-order valence-electron chi connectivity index (χ4n) is 5.10. The molecule has 176 valence electrons. The van der Waals surface area contributed by atoms with Gasteiger partial charge < -0.3 is 21.1 Å². The summed E-state index contributed by atoms with van der Waals surface area (Å²) >= 11 is 0. The number of hydrogen-bond donors (Lipinski definition) is 3. The van der Waals surface area contributed by atoms with Crippen molar-refractivity contribution in [1.82, 2.24) is 15.2 Å². The standard InChI is InChI=1S/C27H29FN4O2/c28-25-23(19-3-1-17(2-4-19)18-8-11-32(12-9-18)13-14-33)16-24(26(29)31-25)20-5-6-22-21(15-20)7-10-30-27(22)34/h1-6,15-16,18,33H,7-14H2,(H2,29,31)(H,30,34). The van der Waals surface area contributed by atoms with E-state index in [2.05, 4.69) is 27.3 Å². The number of pyridine rings is 1. The molecule has 1 saturated heterocycles. The fourth-order valence-corrected chi connectivity index (χ4v) is 5.10. The van der Waals surface area contributed by atoms with E-state index in [1.807, 2.05) is 24.3 Å². The van der Waals surface area contributed by atoms with Gasteiger partial charge in [0, 0.05) is 29.8 Å². The molecule has 34 heavy (non-hydrogen) atoms. The number of benzene rings is 2. The molecular formula is C27H29FN4O2. The highest BCUT2D eigenvalue weighted by molar-refractivity contribution is 5.97. The van der Waals surface area contributed by atoms with Crippen molar-refractivity contribution in [2.24, 2.45) is 0 Å². The van der Waals surface area contributed by atoms with Gasteiger partial charge in [0.05, 0.1) is 6.61 Å². The van der Waals surface area contributed by atoms with Gasteiger partial charge in [-0.1, -0.05) is 36.4 Å². The summed E-state index contributed by atoms with van der Waals surface area (Å²) in [6.07, 6.45) is 2.85. The average molecular weight is 461 g/mol. The normalized spacial score (nSPS) is 16.8. The van der Waals surface area contributed by atoms with Crippen LogP contribution in [0.5, 0.6) is 0 Å². The largest absolute Gasteiger partial charge is 0.395 e. The number of carbonyl (C=O) groups is 1. The molecular weight excluding hydrogens is 431 g/mol. The van der Waals surface area contributed by atoms with Gasteiger partial charge in [0.2, 0.25) is 5.95 Å². The first kappa shape index (κ1) is 22.5. The fraction of sp³-hybridized carbons (Fsp3) is 0.333. The van der Waals surface area contributed by atoms with Crippen molar-refractivity contribution < 1.29 is 14.3 Å². The van der Waals surface area contributed by atoms with Gasteiger partial charge in [0.25, 0.3) is 5.91 Å². The highest BCUT2D eigenvalue weighted by Crippen LogP contribution is 2.34. The number of nitrogens with one attached hydrogen (secondary N) is 1. The highest BCUT2D eigenvalue weighted by Gasteiger charge is 2.21. The first-order chi connectivity index (χ1) is 16.5. The minimum atomic E-state index is -0.594. The molecule has 1 amide bonds. The molecule has 2 aromatic carbocycles. The molecule has 0 radical (unpaired) electrons. The molecule has 6 nitrogen and oxygen atoms in total. The number of nitrogens with zero attached hydrogens (tertiary/aromatic N) is 2. The van der Waals surface area contributed by atoms with E-state index in [0.717, 1.165) is 55.6 Å². The lowest BCUT2D eigenvalue weighted by Crippen LogP contribution is -2.34. The number of aliphatic hydroxyl groups excluding tert-OH is 1. The molecule has 1 fully saturated rings. The van der Waals surface area contributed by atoms with Crippen molar-refractivity contribution in [2.75, 3.05) is 38.5 Å². The topological polar surface area (TPSA) is 91.5 Å². The van der Waals surface area contributed by atoms with Gasteiger partial charge in [0.1, 0.15) is 5.82 Å². The molecule has 0 aliphatic carbocycles. The van der Waals surface area contributed by atoms with Crippen molar-refractivity contribution in [3.05, 3.63) is 71.2 Å². The summed E-state index contributed by atoms with van der Waals surface area (Å²) in [7, 11) is 0. The average Bonchev–Trinajstić information content (AvgIpc) is 2.85. The third-order valence-electron chi connectivity index (χ3n) is 7.04. The highest BCUT2D eigenvalue weighted by atomic mass is 19.1. The molecule has 0 bridgehead atoms. The molecule has 3 aromatic rings. The lowest BCUT2D eigenvalue weighted by Gasteiger charge is -2.31. The van der Waals surface area contributed by atoms with E-state index in [1.54, 1.807) is 12.1 Å². The number of amides is 1. The van der Waals surface area contributed by atoms with Gasteiger partial charge >= 0.3 is 0 Å². The zero-order valence-electron chi connectivity index (χ0n) is 19.1. The van der Waals surface area contributed by atoms with Crippen LogP contribution in [0.15, 0.2) is 48.5 Å². The van der Waals surface area contributed by atoms with Gasteiger partial charge in [-0.2, -0.15) is 4.39 Å². The van der Waals surface area contributed by atoms with Crippen LogP contribution in [0.3, 0.4) is 0 Å². The Bertz CT molecular complexity index is 1200. The van der Waals surface area contributed by atoms with Crippen LogP contribution in [0.2, 0.25) is 0 Å². The first-order valence-corrected chi connectivity index (χ1v) is 11.8. The molecule has 0 atom stereocenters. The second kappa shape index (κ2) is 9.52. The minimum absolute atomic E-state index is 0.0714. The van der Waals surface area contributed by atoms with Crippen LogP contribution in [0.25, 0.3) is 22.3 Å². The number of anilines is 1. The van der Waals surface area contributed by atoms with E-state index < -0.39 is 5.95 Å². The lowest BCUT2D eigenvalue weighted by atomic mass is 9.88. The number of nitrogen functional groups attached to an aromatic ring is 1. The Balaban J connectivity index is 1.41. The Morgan fingerprint density at radius 2 is 1.76 bits per heavy atom. The zero-order chi connectivity index (χ0) is 23.7. The second-order valence-corrected chi connectivity index (χ2v) is 9.10. The summed E-state index contributed by atoms with van der Waals surface area (Å²) in [5, 5.41) is 12.0. The van der Waals surface area contributed by atoms with Gasteiger partial charge in [-0.3, -0.25) is 4.79 Å². The van der Waals surface area contributed by atoms with Gasteiger partial charge in [0.15, 0.2) is 0 Å². The summed E-state index contributed by atoms with van der Waals surface area (Å²) in [6.45, 7) is 3.49. The molecule has 2 aliphatic heterocycles. The monoisotopic (exact) mass is 460 g/mol. The van der Waals surface area contributed by atoms with Crippen LogP contribution in [0.4, 0.5) is 10.2 Å². The molecule has 0 unspecified atom stereocenters. The number of hydrogen-bond acceptors (Lipinski definition) is 5. The Kier molecular flexibility index (Phi) is 6.30. The number of fused-ring (bicyclic) bond motifs is 1. The van der Waals surface area contributed by atoms with Crippen molar-refractivity contribution in [3.8, 4) is 22.3 Å². The molecule has 2 aliphatic rings. The molecule has 1 aromatic heterocycles. The minimum Gasteiger partial charge on any atom is -0.395 e. The number of β-amino-alcohol motifs (C(OH)–C–C–N with tert-alkyl or cyclic N) is 1. The predicted octanol–water partition coefficient (Wildman–Crippen LogP) is 3.59. The van der Waals surface area contributed by atoms with E-state index in [9.17, 15) is 9.18 Å². The van der Waals surface area contributed by atoms with E-state index in [4.69, 9.17) is 10.8 Å².